The van der Waals surface area contributed by atoms with Gasteiger partial charge in [0.2, 0.25) is 17.7 Å². The number of thiol groups is 1. The Balaban J connectivity index is 4.90. The quantitative estimate of drug-likeness (QED) is 0.184. The molecule has 0 aliphatic rings. The fourth-order valence-corrected chi connectivity index (χ4v) is 1.87. The summed E-state index contributed by atoms with van der Waals surface area (Å²) in [6, 6.07) is -3.92. The number of amides is 3. The van der Waals surface area contributed by atoms with E-state index in [9.17, 15) is 29.4 Å². The molecule has 0 fully saturated rings. The van der Waals surface area contributed by atoms with Gasteiger partial charge in [-0.1, -0.05) is 13.8 Å². The molecule has 0 bridgehead atoms. The van der Waals surface area contributed by atoms with Crippen LogP contribution in [0.15, 0.2) is 0 Å². The summed E-state index contributed by atoms with van der Waals surface area (Å²) >= 11 is 3.72. The summed E-state index contributed by atoms with van der Waals surface area (Å²) in [6.45, 7) is 1.05. The van der Waals surface area contributed by atoms with Crippen LogP contribution in [0, 0.1) is 5.92 Å². The Morgan fingerprint density at radius 2 is 1.20 bits per heavy atom. The normalized spacial score (nSPS) is 14.4. The number of hydrogen-bond acceptors (Lipinski definition) is 8. The SMILES string of the molecule is CC(C)C(=O)[C@@H](CO)NC(=O)[C@@H](CO)NC(=O)[C@@H](CO)NC(=O)CS. The van der Waals surface area contributed by atoms with Gasteiger partial charge in [0.15, 0.2) is 5.78 Å². The van der Waals surface area contributed by atoms with Crippen LogP contribution >= 0.6 is 12.6 Å². The van der Waals surface area contributed by atoms with E-state index in [1.54, 1.807) is 13.8 Å². The van der Waals surface area contributed by atoms with Crippen molar-refractivity contribution in [2.24, 2.45) is 5.92 Å². The standard InChI is InChI=1S/C14H25N3O7S/c1-7(2)12(22)8(3-18)16-14(24)10(5-20)17-13(23)9(4-19)15-11(21)6-25/h7-10,18-20,25H,3-6H2,1-2H3,(H,15,21)(H,16,24)(H,17,23)/t8-,9-,10-/m1/s1. The van der Waals surface area contributed by atoms with Crippen molar-refractivity contribution >= 4 is 36.1 Å². The third kappa shape index (κ3) is 7.82. The molecule has 3 amide bonds. The first kappa shape index (κ1) is 23.3. The van der Waals surface area contributed by atoms with Crippen molar-refractivity contribution in [1.29, 1.82) is 0 Å². The Bertz CT molecular complexity index is 487. The van der Waals surface area contributed by atoms with E-state index >= 15 is 0 Å². The van der Waals surface area contributed by atoms with Gasteiger partial charge in [0.25, 0.3) is 0 Å². The average molecular weight is 379 g/mol. The van der Waals surface area contributed by atoms with Gasteiger partial charge in [-0.05, 0) is 0 Å². The molecule has 0 radical (unpaired) electrons. The Labute approximate surface area is 150 Å². The van der Waals surface area contributed by atoms with Crippen LogP contribution in [0.4, 0.5) is 0 Å². The number of nitrogens with one attached hydrogen (secondary N) is 3. The molecule has 3 atom stereocenters. The zero-order valence-corrected chi connectivity index (χ0v) is 15.0. The van der Waals surface area contributed by atoms with Crippen molar-refractivity contribution in [1.82, 2.24) is 16.0 Å². The first-order valence-corrected chi connectivity index (χ1v) is 8.22. The third-order valence-electron chi connectivity index (χ3n) is 3.20. The van der Waals surface area contributed by atoms with Crippen LogP contribution in [0.1, 0.15) is 13.8 Å². The smallest absolute Gasteiger partial charge is 0.245 e. The average Bonchev–Trinajstić information content (AvgIpc) is 2.60. The zero-order chi connectivity index (χ0) is 19.6. The fraction of sp³-hybridized carbons (Fsp3) is 0.714. The van der Waals surface area contributed by atoms with Gasteiger partial charge in [-0.3, -0.25) is 19.2 Å². The molecule has 144 valence electrons. The molecular formula is C14H25N3O7S. The second-order valence-corrected chi connectivity index (χ2v) is 5.82. The number of carbonyl (C=O) groups is 4. The van der Waals surface area contributed by atoms with E-state index in [-0.39, 0.29) is 5.75 Å². The molecule has 0 saturated heterocycles. The molecule has 11 heteroatoms. The van der Waals surface area contributed by atoms with Crippen LogP contribution in [0.3, 0.4) is 0 Å². The predicted molar refractivity (Wildman–Crippen MR) is 90.7 cm³/mol. The summed E-state index contributed by atoms with van der Waals surface area (Å²) < 4.78 is 0. The summed E-state index contributed by atoms with van der Waals surface area (Å²) in [4.78, 5) is 47.1. The van der Waals surface area contributed by atoms with Crippen LogP contribution in [0.25, 0.3) is 0 Å². The lowest BCUT2D eigenvalue weighted by Gasteiger charge is -2.23. The molecule has 6 N–H and O–H groups in total. The largest absolute Gasteiger partial charge is 0.394 e. The van der Waals surface area contributed by atoms with Gasteiger partial charge in [-0.25, -0.2) is 0 Å². The summed E-state index contributed by atoms with van der Waals surface area (Å²) in [6.07, 6.45) is 0. The van der Waals surface area contributed by atoms with E-state index in [0.29, 0.717) is 0 Å². The van der Waals surface area contributed by atoms with E-state index in [1.165, 1.54) is 0 Å². The number of ketones is 1. The Kier molecular flexibility index (Phi) is 11.0. The molecular weight excluding hydrogens is 354 g/mol. The maximum Gasteiger partial charge on any atom is 0.245 e. The predicted octanol–water partition coefficient (Wildman–Crippen LogP) is -3.43. The minimum atomic E-state index is -1.43. The second kappa shape index (κ2) is 11.8. The number of hydrogen-bond donors (Lipinski definition) is 7. The van der Waals surface area contributed by atoms with Crippen molar-refractivity contribution in [2.45, 2.75) is 32.0 Å². The number of aliphatic hydroxyl groups excluding tert-OH is 3. The van der Waals surface area contributed by atoms with E-state index < -0.39 is 67.4 Å². The second-order valence-electron chi connectivity index (χ2n) is 5.51. The third-order valence-corrected chi connectivity index (χ3v) is 3.49. The highest BCUT2D eigenvalue weighted by Gasteiger charge is 2.29. The molecule has 0 rings (SSSR count). The molecule has 25 heavy (non-hydrogen) atoms. The van der Waals surface area contributed by atoms with Crippen molar-refractivity contribution in [3.05, 3.63) is 0 Å². The Morgan fingerprint density at radius 1 is 0.800 bits per heavy atom. The van der Waals surface area contributed by atoms with Gasteiger partial charge in [0, 0.05) is 5.92 Å². The van der Waals surface area contributed by atoms with Gasteiger partial charge in [-0.2, -0.15) is 12.6 Å². The van der Waals surface area contributed by atoms with E-state index in [2.05, 4.69) is 28.6 Å². The fourth-order valence-electron chi connectivity index (χ4n) is 1.78. The molecule has 0 unspecified atom stereocenters. The van der Waals surface area contributed by atoms with Crippen LogP contribution < -0.4 is 16.0 Å². The lowest BCUT2D eigenvalue weighted by molar-refractivity contribution is -0.135. The highest BCUT2D eigenvalue weighted by atomic mass is 32.1. The van der Waals surface area contributed by atoms with Gasteiger partial charge >= 0.3 is 0 Å². The molecule has 0 spiro atoms. The summed E-state index contributed by atoms with van der Waals surface area (Å²) in [5, 5.41) is 34.2. The minimum absolute atomic E-state index is 0.205. The van der Waals surface area contributed by atoms with Crippen LogP contribution in [0.2, 0.25) is 0 Å². The van der Waals surface area contributed by atoms with Crippen molar-refractivity contribution in [3.63, 3.8) is 0 Å². The number of rotatable bonds is 11. The lowest BCUT2D eigenvalue weighted by Crippen LogP contribution is -2.58. The Hall–Kier alpha value is -1.69. The van der Waals surface area contributed by atoms with E-state index in [4.69, 9.17) is 5.11 Å². The lowest BCUT2D eigenvalue weighted by atomic mass is 10.0. The highest BCUT2D eigenvalue weighted by Crippen LogP contribution is 2.00. The molecule has 0 aromatic carbocycles. The van der Waals surface area contributed by atoms with Gasteiger partial charge < -0.3 is 31.3 Å². The van der Waals surface area contributed by atoms with Crippen molar-refractivity contribution in [3.8, 4) is 0 Å². The molecule has 10 nitrogen and oxygen atoms in total. The molecule has 0 aromatic rings. The van der Waals surface area contributed by atoms with Gasteiger partial charge in [-0.15, -0.1) is 0 Å². The van der Waals surface area contributed by atoms with Crippen molar-refractivity contribution in [2.75, 3.05) is 25.6 Å². The molecule has 0 aromatic heterocycles. The van der Waals surface area contributed by atoms with Crippen molar-refractivity contribution < 1.29 is 34.5 Å². The molecule has 0 heterocycles. The molecule has 0 saturated carbocycles. The summed E-state index contributed by atoms with van der Waals surface area (Å²) in [5.41, 5.74) is 0. The first-order valence-electron chi connectivity index (χ1n) is 7.59. The van der Waals surface area contributed by atoms with Crippen LogP contribution in [-0.4, -0.2) is 82.5 Å². The number of aliphatic hydroxyl groups is 3. The number of carbonyl (C=O) groups excluding carboxylic acids is 4. The Morgan fingerprint density at radius 3 is 1.56 bits per heavy atom. The minimum Gasteiger partial charge on any atom is -0.394 e. The van der Waals surface area contributed by atoms with E-state index in [1.807, 2.05) is 0 Å². The molecule has 0 aliphatic carbocycles. The maximum atomic E-state index is 12.1. The monoisotopic (exact) mass is 379 g/mol. The van der Waals surface area contributed by atoms with E-state index in [0.717, 1.165) is 0 Å². The summed E-state index contributed by atoms with van der Waals surface area (Å²) in [7, 11) is 0. The van der Waals surface area contributed by atoms with Gasteiger partial charge in [0.1, 0.15) is 18.1 Å². The molecule has 0 aliphatic heterocycles. The topological polar surface area (TPSA) is 165 Å². The first-order chi connectivity index (χ1) is 11.7. The van der Waals surface area contributed by atoms with Crippen LogP contribution in [0.5, 0.6) is 0 Å². The number of Topliss-reactive ketones (excluding diaryl/α,β-unsaturated/α-hetero) is 1. The summed E-state index contributed by atoms with van der Waals surface area (Å²) in [5.74, 6) is -3.44. The maximum absolute atomic E-state index is 12.1. The van der Waals surface area contributed by atoms with Gasteiger partial charge in [0.05, 0.1) is 25.6 Å². The highest BCUT2D eigenvalue weighted by molar-refractivity contribution is 7.81. The van der Waals surface area contributed by atoms with Crippen LogP contribution in [-0.2, 0) is 19.2 Å². The zero-order valence-electron chi connectivity index (χ0n) is 14.1.